The predicted molar refractivity (Wildman–Crippen MR) is 96.2 cm³/mol. The molecule has 0 aliphatic heterocycles. The highest BCUT2D eigenvalue weighted by Gasteiger charge is 2.10. The molecule has 0 unspecified atom stereocenters. The van der Waals surface area contributed by atoms with Gasteiger partial charge in [-0.2, -0.15) is 0 Å². The topological polar surface area (TPSA) is 117 Å². The van der Waals surface area contributed by atoms with E-state index in [4.69, 9.17) is 5.73 Å². The maximum atomic E-state index is 12.2. The van der Waals surface area contributed by atoms with Gasteiger partial charge in [-0.3, -0.25) is 14.9 Å². The Morgan fingerprint density at radius 2 is 1.80 bits per heavy atom. The maximum absolute atomic E-state index is 12.2. The summed E-state index contributed by atoms with van der Waals surface area (Å²) in [5.41, 5.74) is 6.61. The van der Waals surface area contributed by atoms with E-state index in [0.717, 1.165) is 13.0 Å². The molecule has 0 aliphatic rings. The first kappa shape index (κ1) is 20.6. The number of hydrogen-bond donors (Lipinski definition) is 4. The van der Waals surface area contributed by atoms with Crippen molar-refractivity contribution < 1.29 is 14.4 Å². The number of nitrogens with one attached hydrogen (secondary N) is 3. The van der Waals surface area contributed by atoms with Crippen molar-refractivity contribution in [2.45, 2.75) is 19.4 Å². The normalized spacial score (nSPS) is 11.8. The summed E-state index contributed by atoms with van der Waals surface area (Å²) in [4.78, 5) is 36.0. The number of carbonyl (C=O) groups excluding carboxylic acids is 3. The van der Waals surface area contributed by atoms with Gasteiger partial charge in [-0.05, 0) is 45.1 Å². The van der Waals surface area contributed by atoms with Gasteiger partial charge in [0.1, 0.15) is 0 Å². The number of rotatable bonds is 9. The summed E-state index contributed by atoms with van der Waals surface area (Å²) in [6, 6.07) is 6.46. The molecule has 1 aromatic rings. The molecule has 0 spiro atoms. The van der Waals surface area contributed by atoms with E-state index >= 15 is 0 Å². The molecule has 1 atom stereocenters. The molecule has 0 saturated carbocycles. The number of nitrogens with zero attached hydrogens (tertiary/aromatic N) is 1. The lowest BCUT2D eigenvalue weighted by molar-refractivity contribution is -0.119. The largest absolute Gasteiger partial charge is 0.351 e. The highest BCUT2D eigenvalue weighted by Crippen LogP contribution is 2.06. The van der Waals surface area contributed by atoms with Crippen LogP contribution in [0.4, 0.5) is 4.79 Å². The van der Waals surface area contributed by atoms with Crippen molar-refractivity contribution >= 4 is 17.8 Å². The molecule has 4 amide bonds. The Morgan fingerprint density at radius 1 is 1.16 bits per heavy atom. The number of imide groups is 1. The van der Waals surface area contributed by atoms with Crippen molar-refractivity contribution in [3.05, 3.63) is 35.4 Å². The maximum Gasteiger partial charge on any atom is 0.318 e. The Kier molecular flexibility index (Phi) is 8.59. The third kappa shape index (κ3) is 8.83. The molecule has 1 aromatic carbocycles. The minimum atomic E-state index is -0.887. The first-order valence-corrected chi connectivity index (χ1v) is 8.12. The summed E-state index contributed by atoms with van der Waals surface area (Å²) in [6.07, 6.45) is 0.933. The Labute approximate surface area is 148 Å². The van der Waals surface area contributed by atoms with Gasteiger partial charge in [0.2, 0.25) is 5.91 Å². The second-order valence-electron chi connectivity index (χ2n) is 6.17. The smallest absolute Gasteiger partial charge is 0.318 e. The summed E-state index contributed by atoms with van der Waals surface area (Å²) < 4.78 is 0. The fourth-order valence-electron chi connectivity index (χ4n) is 2.12. The molecular formula is C17H27N5O3. The molecule has 0 fully saturated rings. The van der Waals surface area contributed by atoms with E-state index in [1.54, 1.807) is 12.1 Å². The molecule has 8 nitrogen and oxygen atoms in total. The average Bonchev–Trinajstić information content (AvgIpc) is 2.52. The number of benzene rings is 1. The highest BCUT2D eigenvalue weighted by atomic mass is 16.2. The van der Waals surface area contributed by atoms with Crippen molar-refractivity contribution in [1.29, 1.82) is 0 Å². The van der Waals surface area contributed by atoms with Crippen LogP contribution >= 0.6 is 0 Å². The number of likely N-dealkylation sites (N-methyl/N-ethyl adjacent to an activating group) is 1. The number of amides is 4. The Morgan fingerprint density at radius 3 is 2.36 bits per heavy atom. The molecule has 0 radical (unpaired) electrons. The van der Waals surface area contributed by atoms with Crippen LogP contribution in [0.15, 0.2) is 24.3 Å². The number of hydrogen-bond acceptors (Lipinski definition) is 5. The van der Waals surface area contributed by atoms with Crippen molar-refractivity contribution in [2.75, 3.05) is 33.7 Å². The van der Waals surface area contributed by atoms with Crippen LogP contribution in [0.3, 0.4) is 0 Å². The van der Waals surface area contributed by atoms with Gasteiger partial charge in [-0.1, -0.05) is 12.1 Å². The van der Waals surface area contributed by atoms with Gasteiger partial charge in [-0.15, -0.1) is 0 Å². The van der Waals surface area contributed by atoms with Crippen LogP contribution in [0.5, 0.6) is 0 Å². The molecule has 5 N–H and O–H groups in total. The van der Waals surface area contributed by atoms with Gasteiger partial charge >= 0.3 is 6.03 Å². The average molecular weight is 349 g/mol. The summed E-state index contributed by atoms with van der Waals surface area (Å²) in [6.45, 7) is 3.11. The molecule has 1 rings (SSSR count). The van der Waals surface area contributed by atoms with Gasteiger partial charge in [0, 0.05) is 24.7 Å². The van der Waals surface area contributed by atoms with Gasteiger partial charge in [0.15, 0.2) is 0 Å². The van der Waals surface area contributed by atoms with Gasteiger partial charge in [-0.25, -0.2) is 4.79 Å². The summed E-state index contributed by atoms with van der Waals surface area (Å²) in [7, 11) is 4.05. The zero-order valence-corrected chi connectivity index (χ0v) is 15.0. The fourth-order valence-corrected chi connectivity index (χ4v) is 2.12. The van der Waals surface area contributed by atoms with Crippen LogP contribution in [0.2, 0.25) is 0 Å². The summed E-state index contributed by atoms with van der Waals surface area (Å²) in [5.74, 6) is -0.686. The Bertz CT molecular complexity index is 586. The van der Waals surface area contributed by atoms with Crippen LogP contribution in [0.25, 0.3) is 0 Å². The molecular weight excluding hydrogens is 322 g/mol. The Hall–Kier alpha value is -2.45. The van der Waals surface area contributed by atoms with Crippen molar-refractivity contribution in [3.8, 4) is 0 Å². The van der Waals surface area contributed by atoms with Crippen molar-refractivity contribution in [1.82, 2.24) is 20.9 Å². The predicted octanol–water partition coefficient (Wildman–Crippen LogP) is -0.306. The van der Waals surface area contributed by atoms with E-state index in [-0.39, 0.29) is 18.5 Å². The van der Waals surface area contributed by atoms with Gasteiger partial charge in [0.25, 0.3) is 5.91 Å². The molecule has 0 bridgehead atoms. The van der Waals surface area contributed by atoms with Crippen molar-refractivity contribution in [3.63, 3.8) is 0 Å². The van der Waals surface area contributed by atoms with E-state index in [0.29, 0.717) is 12.1 Å². The lowest BCUT2D eigenvalue weighted by atomic mass is 10.1. The van der Waals surface area contributed by atoms with E-state index in [1.807, 2.05) is 38.5 Å². The Balaban J connectivity index is 2.37. The van der Waals surface area contributed by atoms with E-state index < -0.39 is 11.9 Å². The van der Waals surface area contributed by atoms with Crippen LogP contribution in [-0.4, -0.2) is 62.5 Å². The van der Waals surface area contributed by atoms with Gasteiger partial charge in [0.05, 0.1) is 6.54 Å². The number of primary amides is 1. The minimum absolute atomic E-state index is 0.0519. The lowest BCUT2D eigenvalue weighted by Crippen LogP contribution is -2.45. The molecule has 138 valence electrons. The van der Waals surface area contributed by atoms with E-state index in [9.17, 15) is 14.4 Å². The highest BCUT2D eigenvalue weighted by molar-refractivity contribution is 5.95. The first-order valence-electron chi connectivity index (χ1n) is 8.12. The third-order valence-electron chi connectivity index (χ3n) is 3.44. The lowest BCUT2D eigenvalue weighted by Gasteiger charge is -2.15. The first-order chi connectivity index (χ1) is 11.8. The molecule has 0 aliphatic carbocycles. The summed E-state index contributed by atoms with van der Waals surface area (Å²) >= 11 is 0. The second-order valence-corrected chi connectivity index (χ2v) is 6.17. The number of urea groups is 1. The van der Waals surface area contributed by atoms with Gasteiger partial charge < -0.3 is 21.3 Å². The molecule has 0 heterocycles. The molecule has 0 aromatic heterocycles. The quantitative estimate of drug-likeness (QED) is 0.488. The van der Waals surface area contributed by atoms with Crippen LogP contribution in [0, 0.1) is 0 Å². The number of nitrogens with two attached hydrogens (primary N) is 1. The van der Waals surface area contributed by atoms with E-state index in [2.05, 4.69) is 15.5 Å². The number of carbonyl (C=O) groups is 3. The van der Waals surface area contributed by atoms with E-state index in [1.165, 1.54) is 5.56 Å². The van der Waals surface area contributed by atoms with Crippen molar-refractivity contribution in [2.24, 2.45) is 5.73 Å². The van der Waals surface area contributed by atoms with Crippen LogP contribution in [-0.2, 0) is 11.2 Å². The fraction of sp³-hybridized carbons (Fsp3) is 0.471. The molecule has 8 heteroatoms. The monoisotopic (exact) mass is 349 g/mol. The zero-order valence-electron chi connectivity index (χ0n) is 15.0. The standard InChI is InChI=1S/C17H27N5O3/c1-12(10-19-11-15(23)21-17(18)25)20-16(24)14-6-4-13(5-7-14)8-9-22(2)3/h4-7,12,19H,8-11H2,1-3H3,(H,20,24)(H3,18,21,23,25)/t12-/m0/s1. The van der Waals surface area contributed by atoms with Crippen LogP contribution < -0.4 is 21.7 Å². The third-order valence-corrected chi connectivity index (χ3v) is 3.44. The van der Waals surface area contributed by atoms with Crippen LogP contribution in [0.1, 0.15) is 22.8 Å². The molecule has 0 saturated heterocycles. The SMILES string of the molecule is C[C@@H](CNCC(=O)NC(N)=O)NC(=O)c1ccc(CCN(C)C)cc1. The second kappa shape index (κ2) is 10.4. The summed E-state index contributed by atoms with van der Waals surface area (Å²) in [5, 5.41) is 7.64. The zero-order chi connectivity index (χ0) is 18.8. The molecule has 25 heavy (non-hydrogen) atoms. The minimum Gasteiger partial charge on any atom is -0.351 e.